The first-order valence-electron chi connectivity index (χ1n) is 7.84. The van der Waals surface area contributed by atoms with Crippen LogP contribution in [0.5, 0.6) is 0 Å². The van der Waals surface area contributed by atoms with Crippen LogP contribution in [0, 0.1) is 11.3 Å². The number of nitrogens with one attached hydrogen (secondary N) is 1. The molecule has 0 bridgehead atoms. The number of rotatable bonds is 8. The van der Waals surface area contributed by atoms with Gasteiger partial charge in [0.25, 0.3) is 0 Å². The van der Waals surface area contributed by atoms with Gasteiger partial charge in [-0.25, -0.2) is 0 Å². The maximum absolute atomic E-state index is 9.37. The molecule has 20 heavy (non-hydrogen) atoms. The first-order valence-corrected chi connectivity index (χ1v) is 7.84. The predicted molar refractivity (Wildman–Crippen MR) is 80.4 cm³/mol. The summed E-state index contributed by atoms with van der Waals surface area (Å²) in [5.41, 5.74) is 2.09. The Morgan fingerprint density at radius 1 is 1.45 bits per heavy atom. The number of hydrogen-bond donors (Lipinski definition) is 1. The van der Waals surface area contributed by atoms with Crippen LogP contribution in [0.15, 0.2) is 6.07 Å². The fourth-order valence-electron chi connectivity index (χ4n) is 2.59. The zero-order valence-corrected chi connectivity index (χ0v) is 12.9. The molecule has 4 heteroatoms. The minimum atomic E-state index is -0.381. The molecule has 0 saturated heterocycles. The van der Waals surface area contributed by atoms with E-state index in [9.17, 15) is 5.26 Å². The Bertz CT molecular complexity index is 481. The highest BCUT2D eigenvalue weighted by Gasteiger charge is 2.32. The van der Waals surface area contributed by atoms with Crippen LogP contribution >= 0.6 is 0 Å². The van der Waals surface area contributed by atoms with Gasteiger partial charge in [-0.05, 0) is 51.5 Å². The summed E-state index contributed by atoms with van der Waals surface area (Å²) < 4.78 is 2.12. The SMILES string of the molecule is CCc1cc(CC)n(CCCC(C)(C#N)NC2CC2)n1. The normalized spacial score (nSPS) is 17.7. The summed E-state index contributed by atoms with van der Waals surface area (Å²) in [6.45, 7) is 7.23. The molecule has 1 aromatic heterocycles. The lowest BCUT2D eigenvalue weighted by atomic mass is 9.97. The average Bonchev–Trinajstić information content (AvgIpc) is 3.16. The Balaban J connectivity index is 1.88. The Hall–Kier alpha value is -1.34. The summed E-state index contributed by atoms with van der Waals surface area (Å²) in [4.78, 5) is 0. The molecule has 1 aliphatic rings. The highest BCUT2D eigenvalue weighted by molar-refractivity contribution is 5.10. The largest absolute Gasteiger partial charge is 0.297 e. The fourth-order valence-corrected chi connectivity index (χ4v) is 2.59. The monoisotopic (exact) mass is 274 g/mol. The van der Waals surface area contributed by atoms with Crippen LogP contribution in [-0.2, 0) is 19.4 Å². The average molecular weight is 274 g/mol. The topological polar surface area (TPSA) is 53.6 Å². The first kappa shape index (κ1) is 15.1. The van der Waals surface area contributed by atoms with Gasteiger partial charge in [-0.15, -0.1) is 0 Å². The molecule has 1 aliphatic carbocycles. The predicted octanol–water partition coefficient (Wildman–Crippen LogP) is 2.82. The molecule has 1 unspecified atom stereocenters. The van der Waals surface area contributed by atoms with Crippen molar-refractivity contribution in [3.8, 4) is 6.07 Å². The Kier molecular flexibility index (Phi) is 4.82. The number of nitrogens with zero attached hydrogens (tertiary/aromatic N) is 3. The van der Waals surface area contributed by atoms with Gasteiger partial charge < -0.3 is 0 Å². The Morgan fingerprint density at radius 2 is 2.20 bits per heavy atom. The Labute approximate surface area is 122 Å². The zero-order chi connectivity index (χ0) is 14.6. The molecule has 1 aromatic rings. The number of aryl methyl sites for hydroxylation is 3. The molecule has 1 N–H and O–H groups in total. The summed E-state index contributed by atoms with van der Waals surface area (Å²) >= 11 is 0. The maximum Gasteiger partial charge on any atom is 0.104 e. The van der Waals surface area contributed by atoms with Crippen molar-refractivity contribution in [2.45, 2.75) is 77.4 Å². The van der Waals surface area contributed by atoms with Crippen molar-refractivity contribution in [3.63, 3.8) is 0 Å². The molecule has 4 nitrogen and oxygen atoms in total. The molecule has 0 spiro atoms. The van der Waals surface area contributed by atoms with Gasteiger partial charge in [0.1, 0.15) is 5.54 Å². The summed E-state index contributed by atoms with van der Waals surface area (Å²) in [5, 5.41) is 17.5. The van der Waals surface area contributed by atoms with E-state index in [1.807, 2.05) is 6.92 Å². The molecule has 0 amide bonds. The van der Waals surface area contributed by atoms with Gasteiger partial charge in [0.2, 0.25) is 0 Å². The molecule has 0 radical (unpaired) electrons. The second-order valence-corrected chi connectivity index (χ2v) is 6.02. The molecule has 2 rings (SSSR count). The number of aromatic nitrogens is 2. The summed E-state index contributed by atoms with van der Waals surface area (Å²) in [5.74, 6) is 0. The number of nitriles is 1. The smallest absolute Gasteiger partial charge is 0.104 e. The summed E-state index contributed by atoms with van der Waals surface area (Å²) in [6, 6.07) is 5.21. The van der Waals surface area contributed by atoms with E-state index in [0.717, 1.165) is 32.2 Å². The first-order chi connectivity index (χ1) is 9.60. The molecule has 0 aliphatic heterocycles. The summed E-state index contributed by atoms with van der Waals surface area (Å²) in [7, 11) is 0. The fraction of sp³-hybridized carbons (Fsp3) is 0.750. The van der Waals surface area contributed by atoms with Gasteiger partial charge in [0.15, 0.2) is 0 Å². The van der Waals surface area contributed by atoms with Crippen LogP contribution in [0.4, 0.5) is 0 Å². The van der Waals surface area contributed by atoms with Gasteiger partial charge in [-0.2, -0.15) is 10.4 Å². The van der Waals surface area contributed by atoms with Crippen LogP contribution < -0.4 is 5.32 Å². The minimum absolute atomic E-state index is 0.381. The standard InChI is InChI=1S/C16H26N4/c1-4-13-11-15(5-2)20(19-13)10-6-9-16(3,12-17)18-14-7-8-14/h11,14,18H,4-10H2,1-3H3. The number of hydrogen-bond acceptors (Lipinski definition) is 3. The van der Waals surface area contributed by atoms with Crippen LogP contribution in [0.25, 0.3) is 0 Å². The van der Waals surface area contributed by atoms with Crippen molar-refractivity contribution in [2.75, 3.05) is 0 Å². The molecule has 1 heterocycles. The highest BCUT2D eigenvalue weighted by atomic mass is 15.3. The molecule has 0 aromatic carbocycles. The highest BCUT2D eigenvalue weighted by Crippen LogP contribution is 2.24. The molecule has 1 atom stereocenters. The lowest BCUT2D eigenvalue weighted by molar-refractivity contribution is 0.383. The van der Waals surface area contributed by atoms with Gasteiger partial charge in [-0.3, -0.25) is 10.00 Å². The van der Waals surface area contributed by atoms with E-state index < -0.39 is 0 Å². The van der Waals surface area contributed by atoms with E-state index in [1.165, 1.54) is 24.2 Å². The third-order valence-corrected chi connectivity index (χ3v) is 4.03. The molecular weight excluding hydrogens is 248 g/mol. The quantitative estimate of drug-likeness (QED) is 0.793. The second kappa shape index (κ2) is 6.41. The van der Waals surface area contributed by atoms with Crippen LogP contribution in [0.3, 0.4) is 0 Å². The van der Waals surface area contributed by atoms with E-state index in [2.05, 4.69) is 41.1 Å². The Morgan fingerprint density at radius 3 is 2.75 bits per heavy atom. The van der Waals surface area contributed by atoms with E-state index in [0.29, 0.717) is 6.04 Å². The van der Waals surface area contributed by atoms with Crippen molar-refractivity contribution in [1.29, 1.82) is 5.26 Å². The van der Waals surface area contributed by atoms with E-state index in [-0.39, 0.29) is 5.54 Å². The van der Waals surface area contributed by atoms with Crippen molar-refractivity contribution in [2.24, 2.45) is 0 Å². The van der Waals surface area contributed by atoms with Crippen LogP contribution in [0.1, 0.15) is 57.8 Å². The maximum atomic E-state index is 9.37. The van der Waals surface area contributed by atoms with E-state index in [1.54, 1.807) is 0 Å². The van der Waals surface area contributed by atoms with Crippen LogP contribution in [-0.4, -0.2) is 21.4 Å². The van der Waals surface area contributed by atoms with E-state index >= 15 is 0 Å². The molecule has 1 fully saturated rings. The minimum Gasteiger partial charge on any atom is -0.297 e. The molecule has 110 valence electrons. The summed E-state index contributed by atoms with van der Waals surface area (Å²) in [6.07, 6.45) is 6.31. The van der Waals surface area contributed by atoms with Gasteiger partial charge in [-0.1, -0.05) is 13.8 Å². The lowest BCUT2D eigenvalue weighted by Crippen LogP contribution is -2.42. The van der Waals surface area contributed by atoms with E-state index in [4.69, 9.17) is 0 Å². The van der Waals surface area contributed by atoms with Crippen molar-refractivity contribution in [1.82, 2.24) is 15.1 Å². The van der Waals surface area contributed by atoms with Gasteiger partial charge in [0.05, 0.1) is 11.8 Å². The molecule has 1 saturated carbocycles. The zero-order valence-electron chi connectivity index (χ0n) is 12.9. The van der Waals surface area contributed by atoms with Crippen molar-refractivity contribution < 1.29 is 0 Å². The molecular formula is C16H26N4. The lowest BCUT2D eigenvalue weighted by Gasteiger charge is -2.23. The third kappa shape index (κ3) is 3.83. The third-order valence-electron chi connectivity index (χ3n) is 4.03. The van der Waals surface area contributed by atoms with Crippen molar-refractivity contribution >= 4 is 0 Å². The second-order valence-electron chi connectivity index (χ2n) is 6.02. The van der Waals surface area contributed by atoms with Gasteiger partial charge in [0, 0.05) is 18.3 Å². The van der Waals surface area contributed by atoms with Gasteiger partial charge >= 0.3 is 0 Å². The van der Waals surface area contributed by atoms with Crippen molar-refractivity contribution in [3.05, 3.63) is 17.5 Å². The van der Waals surface area contributed by atoms with Crippen LogP contribution in [0.2, 0.25) is 0 Å².